The molecular weight excluding hydrogens is 162 g/mol. The highest BCUT2D eigenvalue weighted by Gasteiger charge is 2.18. The standard InChI is InChI=1S/C11H15NO/c1-2-10-9(7-13)8-5-3-4-6-11(8)12-10/h7,12H,2-6H2,1H3. The van der Waals surface area contributed by atoms with Crippen LogP contribution in [0, 0.1) is 0 Å². The Hall–Kier alpha value is -1.05. The van der Waals surface area contributed by atoms with Crippen LogP contribution in [0.5, 0.6) is 0 Å². The zero-order valence-corrected chi connectivity index (χ0v) is 8.02. The number of hydrogen-bond acceptors (Lipinski definition) is 1. The number of fused-ring (bicyclic) bond motifs is 1. The zero-order valence-electron chi connectivity index (χ0n) is 8.02. The minimum absolute atomic E-state index is 0.932. The van der Waals surface area contributed by atoms with Crippen molar-refractivity contribution in [3.8, 4) is 0 Å². The number of nitrogens with one attached hydrogen (secondary N) is 1. The predicted octanol–water partition coefficient (Wildman–Crippen LogP) is 2.27. The summed E-state index contributed by atoms with van der Waals surface area (Å²) in [6, 6.07) is 0. The van der Waals surface area contributed by atoms with Crippen LogP contribution in [0.2, 0.25) is 0 Å². The first-order valence-electron chi connectivity index (χ1n) is 5.04. The van der Waals surface area contributed by atoms with Crippen LogP contribution in [0.15, 0.2) is 0 Å². The highest BCUT2D eigenvalue weighted by molar-refractivity contribution is 5.80. The monoisotopic (exact) mass is 177 g/mol. The number of carbonyl (C=O) groups is 1. The summed E-state index contributed by atoms with van der Waals surface area (Å²) in [5, 5.41) is 0. The van der Waals surface area contributed by atoms with E-state index < -0.39 is 0 Å². The van der Waals surface area contributed by atoms with Gasteiger partial charge in [-0.3, -0.25) is 4.79 Å². The van der Waals surface area contributed by atoms with E-state index in [1.165, 1.54) is 24.1 Å². The zero-order chi connectivity index (χ0) is 9.26. The molecule has 0 saturated heterocycles. The van der Waals surface area contributed by atoms with Gasteiger partial charge < -0.3 is 4.98 Å². The number of aromatic nitrogens is 1. The molecule has 2 nitrogen and oxygen atoms in total. The van der Waals surface area contributed by atoms with Gasteiger partial charge in [0, 0.05) is 17.0 Å². The van der Waals surface area contributed by atoms with Crippen molar-refractivity contribution < 1.29 is 4.79 Å². The largest absolute Gasteiger partial charge is 0.361 e. The van der Waals surface area contributed by atoms with Crippen molar-refractivity contribution in [2.24, 2.45) is 0 Å². The van der Waals surface area contributed by atoms with E-state index in [1.54, 1.807) is 0 Å². The third-order valence-electron chi connectivity index (χ3n) is 2.89. The van der Waals surface area contributed by atoms with Gasteiger partial charge in [0.2, 0.25) is 0 Å². The van der Waals surface area contributed by atoms with E-state index >= 15 is 0 Å². The normalized spacial score (nSPS) is 15.5. The van der Waals surface area contributed by atoms with Crippen LogP contribution in [-0.4, -0.2) is 11.3 Å². The fourth-order valence-electron chi connectivity index (χ4n) is 2.19. The van der Waals surface area contributed by atoms with E-state index in [0.717, 1.165) is 36.8 Å². The second kappa shape index (κ2) is 3.36. The van der Waals surface area contributed by atoms with Crippen molar-refractivity contribution >= 4 is 6.29 Å². The Morgan fingerprint density at radius 2 is 2.15 bits per heavy atom. The van der Waals surface area contributed by atoms with Gasteiger partial charge in [-0.05, 0) is 37.7 Å². The Morgan fingerprint density at radius 1 is 1.38 bits per heavy atom. The number of aldehydes is 1. The molecule has 1 heterocycles. The molecule has 1 aromatic rings. The number of H-pyrrole nitrogens is 1. The SMILES string of the molecule is CCc1[nH]c2c(c1C=O)CCCC2. The summed E-state index contributed by atoms with van der Waals surface area (Å²) in [5.41, 5.74) is 4.67. The van der Waals surface area contributed by atoms with Gasteiger partial charge in [0.1, 0.15) is 0 Å². The van der Waals surface area contributed by atoms with Crippen LogP contribution in [-0.2, 0) is 19.3 Å². The van der Waals surface area contributed by atoms with Crippen molar-refractivity contribution in [2.45, 2.75) is 39.0 Å². The van der Waals surface area contributed by atoms with Crippen molar-refractivity contribution in [3.05, 3.63) is 22.5 Å². The van der Waals surface area contributed by atoms with E-state index in [0.29, 0.717) is 0 Å². The quantitative estimate of drug-likeness (QED) is 0.690. The van der Waals surface area contributed by atoms with Gasteiger partial charge in [0.25, 0.3) is 0 Å². The number of carbonyl (C=O) groups excluding carboxylic acids is 1. The first-order chi connectivity index (χ1) is 6.36. The molecule has 0 spiro atoms. The maximum Gasteiger partial charge on any atom is 0.152 e. The van der Waals surface area contributed by atoms with Gasteiger partial charge in [0.15, 0.2) is 6.29 Å². The molecule has 0 atom stereocenters. The molecule has 1 N–H and O–H groups in total. The lowest BCUT2D eigenvalue weighted by atomic mass is 9.95. The van der Waals surface area contributed by atoms with Gasteiger partial charge >= 0.3 is 0 Å². The Bertz CT molecular complexity index is 325. The minimum Gasteiger partial charge on any atom is -0.361 e. The van der Waals surface area contributed by atoms with Crippen molar-refractivity contribution in [1.29, 1.82) is 0 Å². The molecule has 0 aromatic carbocycles. The van der Waals surface area contributed by atoms with Gasteiger partial charge in [-0.25, -0.2) is 0 Å². The fraction of sp³-hybridized carbons (Fsp3) is 0.545. The first-order valence-corrected chi connectivity index (χ1v) is 5.04. The Balaban J connectivity index is 2.50. The van der Waals surface area contributed by atoms with Crippen LogP contribution < -0.4 is 0 Å². The average molecular weight is 177 g/mol. The number of hydrogen-bond donors (Lipinski definition) is 1. The van der Waals surface area contributed by atoms with Crippen molar-refractivity contribution in [1.82, 2.24) is 4.98 Å². The molecule has 0 amide bonds. The van der Waals surface area contributed by atoms with Crippen molar-refractivity contribution in [3.63, 3.8) is 0 Å². The molecule has 13 heavy (non-hydrogen) atoms. The lowest BCUT2D eigenvalue weighted by Crippen LogP contribution is -2.01. The summed E-state index contributed by atoms with van der Waals surface area (Å²) in [5.74, 6) is 0. The van der Waals surface area contributed by atoms with Crippen LogP contribution in [0.1, 0.15) is 47.1 Å². The fourth-order valence-corrected chi connectivity index (χ4v) is 2.19. The van der Waals surface area contributed by atoms with Crippen LogP contribution in [0.4, 0.5) is 0 Å². The molecule has 0 radical (unpaired) electrons. The molecule has 2 rings (SSSR count). The predicted molar refractivity (Wildman–Crippen MR) is 52.2 cm³/mol. The molecule has 1 aliphatic carbocycles. The molecule has 1 aliphatic rings. The van der Waals surface area contributed by atoms with Gasteiger partial charge in [-0.2, -0.15) is 0 Å². The summed E-state index contributed by atoms with van der Waals surface area (Å²) >= 11 is 0. The smallest absolute Gasteiger partial charge is 0.152 e. The number of aromatic amines is 1. The molecule has 70 valence electrons. The van der Waals surface area contributed by atoms with Gasteiger partial charge in [-0.1, -0.05) is 6.92 Å². The van der Waals surface area contributed by atoms with E-state index in [2.05, 4.69) is 11.9 Å². The van der Waals surface area contributed by atoms with E-state index in [9.17, 15) is 4.79 Å². The molecule has 0 saturated carbocycles. The minimum atomic E-state index is 0.932. The van der Waals surface area contributed by atoms with Crippen LogP contribution in [0.25, 0.3) is 0 Å². The van der Waals surface area contributed by atoms with E-state index in [1.807, 2.05) is 0 Å². The second-order valence-corrected chi connectivity index (χ2v) is 3.65. The topological polar surface area (TPSA) is 32.9 Å². The van der Waals surface area contributed by atoms with Gasteiger partial charge in [-0.15, -0.1) is 0 Å². The summed E-state index contributed by atoms with van der Waals surface area (Å²) < 4.78 is 0. The molecule has 1 aromatic heterocycles. The highest BCUT2D eigenvalue weighted by Crippen LogP contribution is 2.25. The number of rotatable bonds is 2. The first kappa shape index (κ1) is 8.54. The van der Waals surface area contributed by atoms with E-state index in [4.69, 9.17) is 0 Å². The lowest BCUT2D eigenvalue weighted by molar-refractivity contribution is 0.112. The molecule has 2 heteroatoms. The van der Waals surface area contributed by atoms with Crippen LogP contribution >= 0.6 is 0 Å². The highest BCUT2D eigenvalue weighted by atomic mass is 16.1. The summed E-state index contributed by atoms with van der Waals surface area (Å²) in [7, 11) is 0. The third-order valence-corrected chi connectivity index (χ3v) is 2.89. The Labute approximate surface area is 78.4 Å². The Kier molecular flexibility index (Phi) is 2.21. The van der Waals surface area contributed by atoms with E-state index in [-0.39, 0.29) is 0 Å². The maximum absolute atomic E-state index is 10.9. The molecular formula is C11H15NO. The third kappa shape index (κ3) is 1.30. The Morgan fingerprint density at radius 3 is 2.85 bits per heavy atom. The number of aryl methyl sites for hydroxylation is 2. The molecule has 0 aliphatic heterocycles. The molecule has 0 unspecified atom stereocenters. The molecule has 0 fully saturated rings. The second-order valence-electron chi connectivity index (χ2n) is 3.65. The maximum atomic E-state index is 10.9. The molecule has 0 bridgehead atoms. The van der Waals surface area contributed by atoms with Crippen molar-refractivity contribution in [2.75, 3.05) is 0 Å². The average Bonchev–Trinajstić information content (AvgIpc) is 2.55. The summed E-state index contributed by atoms with van der Waals surface area (Å²) in [6.45, 7) is 2.09. The summed E-state index contributed by atoms with van der Waals surface area (Å²) in [6.07, 6.45) is 6.64. The van der Waals surface area contributed by atoms with Crippen LogP contribution in [0.3, 0.4) is 0 Å². The summed E-state index contributed by atoms with van der Waals surface area (Å²) in [4.78, 5) is 14.3. The lowest BCUT2D eigenvalue weighted by Gasteiger charge is -2.10. The van der Waals surface area contributed by atoms with Gasteiger partial charge in [0.05, 0.1) is 0 Å².